The first-order valence-electron chi connectivity index (χ1n) is 8.74. The molecule has 0 spiro atoms. The summed E-state index contributed by atoms with van der Waals surface area (Å²) < 4.78 is 32.6. The molecular formula is C18H28N2O4S. The second kappa shape index (κ2) is 8.19. The second-order valence-electron chi connectivity index (χ2n) is 6.65. The van der Waals surface area contributed by atoms with Crippen molar-refractivity contribution in [3.8, 4) is 5.75 Å². The molecule has 0 aromatic heterocycles. The zero-order valence-electron chi connectivity index (χ0n) is 15.4. The van der Waals surface area contributed by atoms with Crippen LogP contribution in [0.2, 0.25) is 0 Å². The number of ether oxygens (including phenoxy) is 1. The molecule has 2 rings (SSSR count). The van der Waals surface area contributed by atoms with Gasteiger partial charge in [-0.05, 0) is 50.8 Å². The van der Waals surface area contributed by atoms with Crippen molar-refractivity contribution in [2.45, 2.75) is 51.0 Å². The maximum Gasteiger partial charge on any atom is 0.246 e. The molecule has 140 valence electrons. The summed E-state index contributed by atoms with van der Waals surface area (Å²) in [5.74, 6) is 0.252. The van der Waals surface area contributed by atoms with E-state index in [1.807, 2.05) is 26.8 Å². The Morgan fingerprint density at radius 1 is 1.36 bits per heavy atom. The lowest BCUT2D eigenvalue weighted by Gasteiger charge is -2.31. The molecule has 1 aromatic carbocycles. The number of carbonyl (C=O) groups excluding carboxylic acids is 1. The van der Waals surface area contributed by atoms with Gasteiger partial charge in [-0.2, -0.15) is 4.31 Å². The highest BCUT2D eigenvalue weighted by molar-refractivity contribution is 7.89. The molecule has 6 nitrogen and oxygen atoms in total. The van der Waals surface area contributed by atoms with Crippen LogP contribution in [0.5, 0.6) is 5.75 Å². The van der Waals surface area contributed by atoms with Crippen molar-refractivity contribution >= 4 is 15.9 Å². The van der Waals surface area contributed by atoms with Crippen LogP contribution in [0.15, 0.2) is 23.1 Å². The quantitative estimate of drug-likeness (QED) is 0.836. The van der Waals surface area contributed by atoms with Crippen molar-refractivity contribution < 1.29 is 17.9 Å². The van der Waals surface area contributed by atoms with E-state index in [0.717, 1.165) is 12.0 Å². The van der Waals surface area contributed by atoms with Crippen molar-refractivity contribution in [2.24, 2.45) is 5.92 Å². The number of aryl methyl sites for hydroxylation is 1. The largest absolute Gasteiger partial charge is 0.495 e. The minimum absolute atomic E-state index is 0.0273. The second-order valence-corrected chi connectivity index (χ2v) is 8.56. The molecule has 0 saturated carbocycles. The number of hydrogen-bond acceptors (Lipinski definition) is 4. The maximum absolute atomic E-state index is 13.0. The van der Waals surface area contributed by atoms with Gasteiger partial charge in [-0.3, -0.25) is 4.79 Å². The van der Waals surface area contributed by atoms with Crippen LogP contribution < -0.4 is 10.1 Å². The summed E-state index contributed by atoms with van der Waals surface area (Å²) in [5.41, 5.74) is 0.863. The van der Waals surface area contributed by atoms with Gasteiger partial charge in [0.2, 0.25) is 15.9 Å². The van der Waals surface area contributed by atoms with Crippen molar-refractivity contribution in [1.82, 2.24) is 9.62 Å². The molecule has 1 heterocycles. The fourth-order valence-electron chi connectivity index (χ4n) is 2.95. The Kier molecular flexibility index (Phi) is 6.46. The first-order chi connectivity index (χ1) is 11.8. The fourth-order valence-corrected chi connectivity index (χ4v) is 4.66. The Hall–Kier alpha value is -1.60. The summed E-state index contributed by atoms with van der Waals surface area (Å²) in [7, 11) is -2.16. The number of hydrogen-bond donors (Lipinski definition) is 1. The smallest absolute Gasteiger partial charge is 0.246 e. The van der Waals surface area contributed by atoms with Crippen LogP contribution in [-0.2, 0) is 14.8 Å². The van der Waals surface area contributed by atoms with Crippen LogP contribution in [0.4, 0.5) is 0 Å². The number of benzene rings is 1. The van der Waals surface area contributed by atoms with Gasteiger partial charge in [-0.1, -0.05) is 13.0 Å². The Morgan fingerprint density at radius 2 is 2.00 bits per heavy atom. The Labute approximate surface area is 150 Å². The van der Waals surface area contributed by atoms with E-state index in [1.165, 1.54) is 11.4 Å². The zero-order chi connectivity index (χ0) is 18.6. The summed E-state index contributed by atoms with van der Waals surface area (Å²) in [6.45, 7) is 6.54. The van der Waals surface area contributed by atoms with Gasteiger partial charge in [-0.15, -0.1) is 0 Å². The van der Waals surface area contributed by atoms with E-state index >= 15 is 0 Å². The zero-order valence-corrected chi connectivity index (χ0v) is 16.2. The molecule has 1 amide bonds. The van der Waals surface area contributed by atoms with Crippen molar-refractivity contribution in [2.75, 3.05) is 20.2 Å². The van der Waals surface area contributed by atoms with Crippen molar-refractivity contribution in [3.05, 3.63) is 23.8 Å². The van der Waals surface area contributed by atoms with Gasteiger partial charge >= 0.3 is 0 Å². The molecular weight excluding hydrogens is 340 g/mol. The molecule has 25 heavy (non-hydrogen) atoms. The summed E-state index contributed by atoms with van der Waals surface area (Å²) in [4.78, 5) is 12.4. The first kappa shape index (κ1) is 19.7. The average molecular weight is 368 g/mol. The fraction of sp³-hybridized carbons (Fsp3) is 0.611. The van der Waals surface area contributed by atoms with Gasteiger partial charge in [0, 0.05) is 25.0 Å². The number of methoxy groups -OCH3 is 1. The Balaban J connectivity index is 2.09. The number of rotatable bonds is 6. The summed E-state index contributed by atoms with van der Waals surface area (Å²) in [6, 6.07) is 5.28. The first-order valence-corrected chi connectivity index (χ1v) is 10.2. The summed E-state index contributed by atoms with van der Waals surface area (Å²) >= 11 is 0. The van der Waals surface area contributed by atoms with E-state index < -0.39 is 10.0 Å². The predicted octanol–water partition coefficient (Wildman–Crippen LogP) is 2.32. The third kappa shape index (κ3) is 4.52. The van der Waals surface area contributed by atoms with Crippen LogP contribution >= 0.6 is 0 Å². The van der Waals surface area contributed by atoms with E-state index in [2.05, 4.69) is 5.32 Å². The number of piperidine rings is 1. The number of nitrogens with one attached hydrogen (secondary N) is 1. The van der Waals surface area contributed by atoms with Gasteiger partial charge in [0.1, 0.15) is 10.6 Å². The highest BCUT2D eigenvalue weighted by Crippen LogP contribution is 2.30. The van der Waals surface area contributed by atoms with Gasteiger partial charge in [0.25, 0.3) is 0 Å². The van der Waals surface area contributed by atoms with E-state index in [4.69, 9.17) is 4.74 Å². The standard InChI is InChI=1S/C18H28N2O4S/c1-5-14(3)19-18(21)15-8-10-20(11-9-15)25(22,23)17-12-13(2)6-7-16(17)24-4/h6-7,12,14-15H,5,8-11H2,1-4H3,(H,19,21)/t14-/m1/s1. The van der Waals surface area contributed by atoms with Gasteiger partial charge < -0.3 is 10.1 Å². The molecule has 1 aliphatic heterocycles. The molecule has 0 bridgehead atoms. The molecule has 1 atom stereocenters. The highest BCUT2D eigenvalue weighted by Gasteiger charge is 2.33. The summed E-state index contributed by atoms with van der Waals surface area (Å²) in [6.07, 6.45) is 1.96. The monoisotopic (exact) mass is 368 g/mol. The lowest BCUT2D eigenvalue weighted by atomic mass is 9.97. The number of sulfonamides is 1. The normalized spacial score (nSPS) is 17.9. The Morgan fingerprint density at radius 3 is 2.56 bits per heavy atom. The Bertz CT molecular complexity index is 710. The number of amides is 1. The van der Waals surface area contributed by atoms with E-state index in [1.54, 1.807) is 12.1 Å². The minimum Gasteiger partial charge on any atom is -0.495 e. The lowest BCUT2D eigenvalue weighted by molar-refractivity contribution is -0.126. The molecule has 1 aliphatic rings. The average Bonchev–Trinajstić information content (AvgIpc) is 2.61. The minimum atomic E-state index is -3.63. The molecule has 1 saturated heterocycles. The van der Waals surface area contributed by atoms with E-state index in [-0.39, 0.29) is 22.8 Å². The van der Waals surface area contributed by atoms with Gasteiger partial charge in [0.05, 0.1) is 7.11 Å². The summed E-state index contributed by atoms with van der Waals surface area (Å²) in [5, 5.41) is 2.98. The third-order valence-electron chi connectivity index (χ3n) is 4.76. The molecule has 1 aromatic rings. The predicted molar refractivity (Wildman–Crippen MR) is 97.1 cm³/mol. The van der Waals surface area contributed by atoms with Crippen LogP contribution in [0.1, 0.15) is 38.7 Å². The lowest BCUT2D eigenvalue weighted by Crippen LogP contribution is -2.44. The van der Waals surface area contributed by atoms with E-state index in [0.29, 0.717) is 31.7 Å². The van der Waals surface area contributed by atoms with Gasteiger partial charge in [-0.25, -0.2) is 8.42 Å². The number of nitrogens with zero attached hydrogens (tertiary/aromatic N) is 1. The van der Waals surface area contributed by atoms with E-state index in [9.17, 15) is 13.2 Å². The molecule has 0 unspecified atom stereocenters. The number of carbonyl (C=O) groups is 1. The highest BCUT2D eigenvalue weighted by atomic mass is 32.2. The maximum atomic E-state index is 13.0. The van der Waals surface area contributed by atoms with Crippen LogP contribution in [0.25, 0.3) is 0 Å². The third-order valence-corrected chi connectivity index (χ3v) is 6.68. The molecule has 1 N–H and O–H groups in total. The molecule has 0 radical (unpaired) electrons. The topological polar surface area (TPSA) is 75.7 Å². The van der Waals surface area contributed by atoms with Crippen molar-refractivity contribution in [1.29, 1.82) is 0 Å². The van der Waals surface area contributed by atoms with Gasteiger partial charge in [0.15, 0.2) is 0 Å². The van der Waals surface area contributed by atoms with Crippen LogP contribution in [0, 0.1) is 12.8 Å². The molecule has 7 heteroatoms. The van der Waals surface area contributed by atoms with Crippen molar-refractivity contribution in [3.63, 3.8) is 0 Å². The van der Waals surface area contributed by atoms with Crippen LogP contribution in [-0.4, -0.2) is 44.9 Å². The SMILES string of the molecule is CC[C@@H](C)NC(=O)C1CCN(S(=O)(=O)c2cc(C)ccc2OC)CC1. The molecule has 1 fully saturated rings. The van der Waals surface area contributed by atoms with Crippen LogP contribution in [0.3, 0.4) is 0 Å². The molecule has 0 aliphatic carbocycles.